The van der Waals surface area contributed by atoms with Gasteiger partial charge in [0.05, 0.1) is 0 Å². The van der Waals surface area contributed by atoms with Gasteiger partial charge in [0.15, 0.2) is 17.7 Å². The normalized spacial score (nSPS) is 31.6. The van der Waals surface area contributed by atoms with Crippen LogP contribution in [-0.2, 0) is 19.1 Å². The van der Waals surface area contributed by atoms with Crippen molar-refractivity contribution in [2.45, 2.75) is 66.9 Å². The van der Waals surface area contributed by atoms with E-state index in [1.165, 1.54) is 6.92 Å². The molecule has 0 amide bonds. The molecule has 142 valence electrons. The maximum Gasteiger partial charge on any atom is 0.303 e. The van der Waals surface area contributed by atoms with Crippen LogP contribution < -0.4 is 0 Å². The second-order valence-electron chi connectivity index (χ2n) is 8.32. The first kappa shape index (κ1) is 20.3. The topological polar surface area (TPSA) is 60.4 Å². The largest absolute Gasteiger partial charge is 0.454 e. The summed E-state index contributed by atoms with van der Waals surface area (Å²) in [5, 5.41) is 0. The fraction of sp³-hybridized carbons (Fsp3) is 0.591. The highest BCUT2D eigenvalue weighted by Crippen LogP contribution is 2.53. The zero-order valence-electron chi connectivity index (χ0n) is 16.7. The Hall–Kier alpha value is -1.97. The monoisotopic (exact) mass is 358 g/mol. The van der Waals surface area contributed by atoms with Crippen LogP contribution in [0.1, 0.15) is 60.8 Å². The lowest BCUT2D eigenvalue weighted by Crippen LogP contribution is -2.52. The van der Waals surface area contributed by atoms with E-state index < -0.39 is 12.1 Å². The molecule has 0 saturated heterocycles. The molecule has 0 radical (unpaired) electrons. The van der Waals surface area contributed by atoms with Gasteiger partial charge in [-0.2, -0.15) is 0 Å². The van der Waals surface area contributed by atoms with Gasteiger partial charge in [0.25, 0.3) is 0 Å². The highest BCUT2D eigenvalue weighted by molar-refractivity contribution is 6.00. The molecular formula is C22H30O4. The van der Waals surface area contributed by atoms with Gasteiger partial charge in [-0.05, 0) is 77.0 Å². The molecular weight excluding hydrogens is 328 g/mol. The van der Waals surface area contributed by atoms with E-state index in [0.29, 0.717) is 5.92 Å². The molecule has 0 aliphatic heterocycles. The first-order valence-corrected chi connectivity index (χ1v) is 9.31. The Kier molecular flexibility index (Phi) is 6.05. The molecule has 0 aromatic carbocycles. The molecule has 2 aliphatic carbocycles. The molecule has 26 heavy (non-hydrogen) atoms. The van der Waals surface area contributed by atoms with E-state index in [9.17, 15) is 14.4 Å². The summed E-state index contributed by atoms with van der Waals surface area (Å²) in [6, 6.07) is 0. The first-order valence-electron chi connectivity index (χ1n) is 9.31. The van der Waals surface area contributed by atoms with E-state index in [2.05, 4.69) is 6.92 Å². The van der Waals surface area contributed by atoms with Crippen LogP contribution in [0.2, 0.25) is 0 Å². The van der Waals surface area contributed by atoms with Gasteiger partial charge in [-0.3, -0.25) is 14.4 Å². The maximum atomic E-state index is 12.4. The van der Waals surface area contributed by atoms with Crippen LogP contribution in [0.15, 0.2) is 34.9 Å². The number of esters is 1. The zero-order valence-corrected chi connectivity index (χ0v) is 16.7. The van der Waals surface area contributed by atoms with Gasteiger partial charge in [0.1, 0.15) is 0 Å². The molecule has 0 spiro atoms. The number of fused-ring (bicyclic) bond motifs is 1. The Labute approximate surface area is 156 Å². The van der Waals surface area contributed by atoms with Crippen molar-refractivity contribution in [2.75, 3.05) is 0 Å². The highest BCUT2D eigenvalue weighted by atomic mass is 16.5. The minimum Gasteiger partial charge on any atom is -0.454 e. The van der Waals surface area contributed by atoms with Crippen molar-refractivity contribution in [1.82, 2.24) is 0 Å². The maximum absolute atomic E-state index is 12.4. The molecule has 1 saturated carbocycles. The van der Waals surface area contributed by atoms with E-state index in [1.54, 1.807) is 18.2 Å². The summed E-state index contributed by atoms with van der Waals surface area (Å²) in [7, 11) is 0. The van der Waals surface area contributed by atoms with Crippen molar-refractivity contribution >= 4 is 17.5 Å². The molecule has 0 N–H and O–H groups in total. The molecule has 2 rings (SSSR count). The van der Waals surface area contributed by atoms with Crippen LogP contribution >= 0.6 is 0 Å². The average Bonchev–Trinajstić information content (AvgIpc) is 2.50. The van der Waals surface area contributed by atoms with Gasteiger partial charge in [-0.25, -0.2) is 0 Å². The molecule has 4 atom stereocenters. The van der Waals surface area contributed by atoms with Gasteiger partial charge in [-0.15, -0.1) is 0 Å². The third-order valence-electron chi connectivity index (χ3n) is 5.85. The Morgan fingerprint density at radius 1 is 1.19 bits per heavy atom. The molecule has 1 fully saturated rings. The molecule has 4 unspecified atom stereocenters. The number of carbonyl (C=O) groups is 3. The Bertz CT molecular complexity index is 706. The van der Waals surface area contributed by atoms with E-state index >= 15 is 0 Å². The summed E-state index contributed by atoms with van der Waals surface area (Å²) >= 11 is 0. The number of hydrogen-bond donors (Lipinski definition) is 0. The van der Waals surface area contributed by atoms with Crippen molar-refractivity contribution in [3.8, 4) is 0 Å². The van der Waals surface area contributed by atoms with E-state index in [1.807, 2.05) is 27.7 Å². The van der Waals surface area contributed by atoms with Gasteiger partial charge >= 0.3 is 5.97 Å². The SMILES string of the molecule is CC(=O)OC1C(=O)C=C(C)C2CC(C(C)=CC(=O)C=C(C)C)CCC21C. The summed E-state index contributed by atoms with van der Waals surface area (Å²) < 4.78 is 5.42. The van der Waals surface area contributed by atoms with Crippen molar-refractivity contribution in [3.63, 3.8) is 0 Å². The summed E-state index contributed by atoms with van der Waals surface area (Å²) in [5.74, 6) is -0.0234. The molecule has 4 heteroatoms. The van der Waals surface area contributed by atoms with Crippen LogP contribution in [-0.4, -0.2) is 23.6 Å². The second-order valence-corrected chi connectivity index (χ2v) is 8.32. The standard InChI is InChI=1S/C22H30O4/c1-13(2)9-18(24)10-14(3)17-7-8-22(6)19(12-17)15(4)11-20(25)21(22)26-16(5)23/h9-11,17,19,21H,7-8,12H2,1-6H3. The number of allylic oxidation sites excluding steroid dienone is 5. The lowest BCUT2D eigenvalue weighted by atomic mass is 9.56. The van der Waals surface area contributed by atoms with Crippen LogP contribution in [0.4, 0.5) is 0 Å². The van der Waals surface area contributed by atoms with Gasteiger partial charge in [0, 0.05) is 12.3 Å². The quantitative estimate of drug-likeness (QED) is 0.554. The first-order chi connectivity index (χ1) is 12.0. The summed E-state index contributed by atoms with van der Waals surface area (Å²) in [4.78, 5) is 36.0. The third-order valence-corrected chi connectivity index (χ3v) is 5.85. The van der Waals surface area contributed by atoms with E-state index in [0.717, 1.165) is 36.0 Å². The molecule has 0 aromatic heterocycles. The van der Waals surface area contributed by atoms with Crippen LogP contribution in [0, 0.1) is 17.3 Å². The number of hydrogen-bond acceptors (Lipinski definition) is 4. The van der Waals surface area contributed by atoms with Crippen LogP contribution in [0.25, 0.3) is 0 Å². The van der Waals surface area contributed by atoms with Crippen molar-refractivity contribution in [1.29, 1.82) is 0 Å². The number of carbonyl (C=O) groups excluding carboxylic acids is 3. The molecule has 0 aromatic rings. The Morgan fingerprint density at radius 3 is 2.42 bits per heavy atom. The molecule has 0 heterocycles. The van der Waals surface area contributed by atoms with Crippen molar-refractivity contribution < 1.29 is 19.1 Å². The Morgan fingerprint density at radius 2 is 1.85 bits per heavy atom. The number of ketones is 2. The Balaban J connectivity index is 2.26. The van der Waals surface area contributed by atoms with Gasteiger partial charge in [-0.1, -0.05) is 23.6 Å². The summed E-state index contributed by atoms with van der Waals surface area (Å²) in [6.07, 6.45) is 6.86. The summed E-state index contributed by atoms with van der Waals surface area (Å²) in [5.41, 5.74) is 2.75. The fourth-order valence-electron chi connectivity index (χ4n) is 4.52. The minimum atomic E-state index is -0.703. The number of ether oxygens (including phenoxy) is 1. The molecule has 4 nitrogen and oxygen atoms in total. The number of rotatable bonds is 4. The lowest BCUT2D eigenvalue weighted by molar-refractivity contribution is -0.165. The lowest BCUT2D eigenvalue weighted by Gasteiger charge is -2.50. The fourth-order valence-corrected chi connectivity index (χ4v) is 4.52. The van der Waals surface area contributed by atoms with E-state index in [4.69, 9.17) is 4.74 Å². The van der Waals surface area contributed by atoms with Crippen molar-refractivity contribution in [3.05, 3.63) is 34.9 Å². The molecule has 2 aliphatic rings. The predicted octanol–water partition coefficient (Wildman–Crippen LogP) is 4.35. The second kappa shape index (κ2) is 7.73. The third kappa shape index (κ3) is 4.22. The van der Waals surface area contributed by atoms with E-state index in [-0.39, 0.29) is 22.9 Å². The van der Waals surface area contributed by atoms with Crippen LogP contribution in [0.5, 0.6) is 0 Å². The smallest absolute Gasteiger partial charge is 0.303 e. The van der Waals surface area contributed by atoms with Crippen molar-refractivity contribution in [2.24, 2.45) is 17.3 Å². The zero-order chi connectivity index (χ0) is 19.6. The average molecular weight is 358 g/mol. The summed E-state index contributed by atoms with van der Waals surface area (Å²) in [6.45, 7) is 11.2. The molecule has 0 bridgehead atoms. The highest BCUT2D eigenvalue weighted by Gasteiger charge is 2.52. The van der Waals surface area contributed by atoms with Crippen LogP contribution in [0.3, 0.4) is 0 Å². The van der Waals surface area contributed by atoms with Gasteiger partial charge in [0.2, 0.25) is 0 Å². The minimum absolute atomic E-state index is 0.0275. The predicted molar refractivity (Wildman–Crippen MR) is 101 cm³/mol. The van der Waals surface area contributed by atoms with Gasteiger partial charge < -0.3 is 4.74 Å².